The summed E-state index contributed by atoms with van der Waals surface area (Å²) in [5.41, 5.74) is 0.262. The van der Waals surface area contributed by atoms with Crippen LogP contribution in [0.2, 0.25) is 0 Å². The fourth-order valence-corrected chi connectivity index (χ4v) is 3.23. The molecule has 1 fully saturated rings. The first-order valence-electron chi connectivity index (χ1n) is 8.60. The lowest BCUT2D eigenvalue weighted by atomic mass is 9.80. The van der Waals surface area contributed by atoms with Crippen molar-refractivity contribution < 1.29 is 14.4 Å². The molecule has 0 spiro atoms. The summed E-state index contributed by atoms with van der Waals surface area (Å²) in [4.78, 5) is 38.3. The Morgan fingerprint density at radius 2 is 1.78 bits per heavy atom. The number of nitrogens with zero attached hydrogens (tertiary/aromatic N) is 2. The molecule has 5 heteroatoms. The molecule has 2 aliphatic rings. The SMILES string of the molecule is CC(C)(C)[C@H]1CCN(C(=O)CCCCCN2C(=O)C=CC2=O)C1. The van der Waals surface area contributed by atoms with Crippen molar-refractivity contribution in [1.82, 2.24) is 9.80 Å². The van der Waals surface area contributed by atoms with Crippen molar-refractivity contribution in [2.24, 2.45) is 11.3 Å². The fraction of sp³-hybridized carbons (Fsp3) is 0.722. The maximum absolute atomic E-state index is 12.2. The highest BCUT2D eigenvalue weighted by Crippen LogP contribution is 2.33. The van der Waals surface area contributed by atoms with Gasteiger partial charge >= 0.3 is 0 Å². The largest absolute Gasteiger partial charge is 0.342 e. The average molecular weight is 320 g/mol. The number of rotatable bonds is 6. The number of likely N-dealkylation sites (tertiary alicyclic amines) is 1. The fourth-order valence-electron chi connectivity index (χ4n) is 3.23. The third kappa shape index (κ3) is 4.66. The number of unbranched alkanes of at least 4 members (excludes halogenated alkanes) is 2. The summed E-state index contributed by atoms with van der Waals surface area (Å²) in [5, 5.41) is 0. The van der Waals surface area contributed by atoms with Crippen LogP contribution in [0.4, 0.5) is 0 Å². The second-order valence-electron chi connectivity index (χ2n) is 7.66. The van der Waals surface area contributed by atoms with E-state index in [1.165, 1.54) is 17.1 Å². The average Bonchev–Trinajstić information content (AvgIpc) is 3.07. The molecule has 0 aliphatic carbocycles. The molecule has 0 aromatic rings. The lowest BCUT2D eigenvalue weighted by Crippen LogP contribution is -2.31. The van der Waals surface area contributed by atoms with Crippen LogP contribution in [0.5, 0.6) is 0 Å². The van der Waals surface area contributed by atoms with Gasteiger partial charge in [0.25, 0.3) is 11.8 Å². The maximum Gasteiger partial charge on any atom is 0.253 e. The Labute approximate surface area is 138 Å². The molecule has 2 aliphatic heterocycles. The highest BCUT2D eigenvalue weighted by molar-refractivity contribution is 6.12. The van der Waals surface area contributed by atoms with Crippen molar-refractivity contribution >= 4 is 17.7 Å². The highest BCUT2D eigenvalue weighted by Gasteiger charge is 2.33. The van der Waals surface area contributed by atoms with Crippen LogP contribution in [-0.4, -0.2) is 47.2 Å². The Morgan fingerprint density at radius 3 is 2.35 bits per heavy atom. The molecule has 0 saturated carbocycles. The predicted octanol–water partition coefficient (Wildman–Crippen LogP) is 2.37. The van der Waals surface area contributed by atoms with Crippen LogP contribution < -0.4 is 0 Å². The van der Waals surface area contributed by atoms with Crippen molar-refractivity contribution in [2.45, 2.75) is 52.9 Å². The van der Waals surface area contributed by atoms with Crippen molar-refractivity contribution in [1.29, 1.82) is 0 Å². The predicted molar refractivity (Wildman–Crippen MR) is 88.5 cm³/mol. The molecule has 0 bridgehead atoms. The summed E-state index contributed by atoms with van der Waals surface area (Å²) < 4.78 is 0. The standard InChI is InChI=1S/C18H28N2O3/c1-18(2,3)14-10-12-19(13-14)15(21)7-5-4-6-11-20-16(22)8-9-17(20)23/h8-9,14H,4-7,10-13H2,1-3H3/t14-/m0/s1. The van der Waals surface area contributed by atoms with E-state index in [0.717, 1.165) is 38.8 Å². The minimum atomic E-state index is -0.226. The Morgan fingerprint density at radius 1 is 1.13 bits per heavy atom. The van der Waals surface area contributed by atoms with Crippen LogP contribution in [0.15, 0.2) is 12.2 Å². The Hall–Kier alpha value is -1.65. The van der Waals surface area contributed by atoms with E-state index in [-0.39, 0.29) is 23.1 Å². The molecule has 0 aromatic heterocycles. The Bertz CT molecular complexity index is 487. The number of hydrogen-bond donors (Lipinski definition) is 0. The molecule has 2 rings (SSSR count). The summed E-state index contributed by atoms with van der Waals surface area (Å²) in [6.45, 7) is 8.92. The topological polar surface area (TPSA) is 57.7 Å². The van der Waals surface area contributed by atoms with Crippen molar-refractivity contribution in [3.05, 3.63) is 12.2 Å². The van der Waals surface area contributed by atoms with E-state index < -0.39 is 0 Å². The van der Waals surface area contributed by atoms with Gasteiger partial charge in [0.1, 0.15) is 0 Å². The molecular weight excluding hydrogens is 292 g/mol. The van der Waals surface area contributed by atoms with Gasteiger partial charge in [0.15, 0.2) is 0 Å². The number of imide groups is 1. The molecule has 0 aromatic carbocycles. The van der Waals surface area contributed by atoms with Crippen molar-refractivity contribution in [2.75, 3.05) is 19.6 Å². The molecule has 128 valence electrons. The minimum absolute atomic E-state index is 0.226. The lowest BCUT2D eigenvalue weighted by Gasteiger charge is -2.27. The van der Waals surface area contributed by atoms with E-state index in [2.05, 4.69) is 20.8 Å². The van der Waals surface area contributed by atoms with E-state index in [0.29, 0.717) is 18.9 Å². The second-order valence-corrected chi connectivity index (χ2v) is 7.66. The molecule has 5 nitrogen and oxygen atoms in total. The zero-order valence-corrected chi connectivity index (χ0v) is 14.5. The normalized spacial score (nSPS) is 21.6. The first-order valence-corrected chi connectivity index (χ1v) is 8.60. The molecule has 1 atom stereocenters. The maximum atomic E-state index is 12.2. The third-order valence-electron chi connectivity index (χ3n) is 4.94. The molecule has 2 heterocycles. The molecule has 0 N–H and O–H groups in total. The van der Waals surface area contributed by atoms with Crippen molar-refractivity contribution in [3.8, 4) is 0 Å². The number of carbonyl (C=O) groups is 3. The zero-order chi connectivity index (χ0) is 17.0. The molecule has 0 radical (unpaired) electrons. The van der Waals surface area contributed by atoms with Gasteiger partial charge in [0, 0.05) is 38.2 Å². The molecular formula is C18H28N2O3. The Balaban J connectivity index is 1.61. The van der Waals surface area contributed by atoms with Gasteiger partial charge in [0.05, 0.1) is 0 Å². The Kier molecular flexibility index (Phi) is 5.60. The van der Waals surface area contributed by atoms with Gasteiger partial charge in [-0.25, -0.2) is 0 Å². The monoisotopic (exact) mass is 320 g/mol. The molecule has 0 unspecified atom stereocenters. The first-order chi connectivity index (χ1) is 10.8. The van der Waals surface area contributed by atoms with Gasteiger partial charge in [-0.1, -0.05) is 27.2 Å². The van der Waals surface area contributed by atoms with Gasteiger partial charge in [-0.3, -0.25) is 19.3 Å². The van der Waals surface area contributed by atoms with Crippen LogP contribution in [-0.2, 0) is 14.4 Å². The summed E-state index contributed by atoms with van der Waals surface area (Å²) in [6.07, 6.45) is 6.73. The van der Waals surface area contributed by atoms with Gasteiger partial charge in [0.2, 0.25) is 5.91 Å². The lowest BCUT2D eigenvalue weighted by molar-refractivity contribution is -0.137. The van der Waals surface area contributed by atoms with Crippen LogP contribution in [0, 0.1) is 11.3 Å². The van der Waals surface area contributed by atoms with E-state index in [1.807, 2.05) is 4.90 Å². The van der Waals surface area contributed by atoms with E-state index >= 15 is 0 Å². The zero-order valence-electron chi connectivity index (χ0n) is 14.5. The van der Waals surface area contributed by atoms with E-state index in [4.69, 9.17) is 0 Å². The minimum Gasteiger partial charge on any atom is -0.342 e. The van der Waals surface area contributed by atoms with Gasteiger partial charge in [-0.05, 0) is 30.6 Å². The van der Waals surface area contributed by atoms with Crippen molar-refractivity contribution in [3.63, 3.8) is 0 Å². The van der Waals surface area contributed by atoms with Crippen LogP contribution >= 0.6 is 0 Å². The van der Waals surface area contributed by atoms with Crippen LogP contribution in [0.1, 0.15) is 52.9 Å². The third-order valence-corrected chi connectivity index (χ3v) is 4.94. The van der Waals surface area contributed by atoms with E-state index in [9.17, 15) is 14.4 Å². The van der Waals surface area contributed by atoms with Gasteiger partial charge < -0.3 is 4.90 Å². The van der Waals surface area contributed by atoms with Gasteiger partial charge in [-0.15, -0.1) is 0 Å². The van der Waals surface area contributed by atoms with E-state index in [1.54, 1.807) is 0 Å². The smallest absolute Gasteiger partial charge is 0.253 e. The number of amides is 3. The quantitative estimate of drug-likeness (QED) is 0.557. The first kappa shape index (κ1) is 17.7. The highest BCUT2D eigenvalue weighted by atomic mass is 16.2. The van der Waals surface area contributed by atoms with Gasteiger partial charge in [-0.2, -0.15) is 0 Å². The summed E-state index contributed by atoms with van der Waals surface area (Å²) in [6, 6.07) is 0. The summed E-state index contributed by atoms with van der Waals surface area (Å²) >= 11 is 0. The molecule has 3 amide bonds. The number of hydrogen-bond acceptors (Lipinski definition) is 3. The molecule has 23 heavy (non-hydrogen) atoms. The second kappa shape index (κ2) is 7.28. The van der Waals surface area contributed by atoms with Crippen LogP contribution in [0.25, 0.3) is 0 Å². The summed E-state index contributed by atoms with van der Waals surface area (Å²) in [5.74, 6) is 0.380. The van der Waals surface area contributed by atoms with Crippen LogP contribution in [0.3, 0.4) is 0 Å². The number of carbonyl (C=O) groups excluding carboxylic acids is 3. The molecule has 1 saturated heterocycles. The summed E-state index contributed by atoms with van der Waals surface area (Å²) in [7, 11) is 0.